The van der Waals surface area contributed by atoms with Crippen LogP contribution in [-0.2, 0) is 0 Å². The second-order valence-corrected chi connectivity index (χ2v) is 6.27. The third-order valence-electron chi connectivity index (χ3n) is 4.77. The van der Waals surface area contributed by atoms with E-state index in [9.17, 15) is 0 Å². The fraction of sp³-hybridized carbons (Fsp3) is 0.500. The molecule has 0 spiro atoms. The van der Waals surface area contributed by atoms with Crippen LogP contribution < -0.4 is 10.2 Å². The van der Waals surface area contributed by atoms with Gasteiger partial charge in [-0.15, -0.1) is 5.10 Å². The van der Waals surface area contributed by atoms with Gasteiger partial charge in [0.2, 0.25) is 5.95 Å². The molecule has 1 aromatic carbocycles. The Balaban J connectivity index is 1.83. The van der Waals surface area contributed by atoms with E-state index in [-0.39, 0.29) is 0 Å². The normalized spacial score (nSPS) is 18.0. The predicted molar refractivity (Wildman–Crippen MR) is 94.3 cm³/mol. The van der Waals surface area contributed by atoms with Crippen LogP contribution in [0.5, 0.6) is 0 Å². The van der Waals surface area contributed by atoms with Gasteiger partial charge in [0.1, 0.15) is 0 Å². The van der Waals surface area contributed by atoms with Gasteiger partial charge in [0.25, 0.3) is 0 Å². The highest BCUT2D eigenvalue weighted by molar-refractivity contribution is 5.62. The molecule has 1 fully saturated rings. The summed E-state index contributed by atoms with van der Waals surface area (Å²) in [6.07, 6.45) is 6.53. The van der Waals surface area contributed by atoms with Crippen molar-refractivity contribution < 1.29 is 0 Å². The first kappa shape index (κ1) is 15.7. The monoisotopic (exact) mass is 311 g/mol. The van der Waals surface area contributed by atoms with Gasteiger partial charge in [0, 0.05) is 18.3 Å². The van der Waals surface area contributed by atoms with Gasteiger partial charge in [0.05, 0.1) is 6.20 Å². The summed E-state index contributed by atoms with van der Waals surface area (Å²) in [5.74, 6) is 1.50. The van der Waals surface area contributed by atoms with Gasteiger partial charge in [-0.3, -0.25) is 0 Å². The highest BCUT2D eigenvalue weighted by atomic mass is 15.3. The summed E-state index contributed by atoms with van der Waals surface area (Å²) < 4.78 is 0. The number of aromatic nitrogens is 3. The first-order chi connectivity index (χ1) is 11.2. The molecule has 1 aliphatic heterocycles. The minimum atomic E-state index is 0.529. The summed E-state index contributed by atoms with van der Waals surface area (Å²) in [6.45, 7) is 7.48. The lowest BCUT2D eigenvalue weighted by Crippen LogP contribution is -2.40. The van der Waals surface area contributed by atoms with Crippen LogP contribution in [-0.4, -0.2) is 27.8 Å². The van der Waals surface area contributed by atoms with E-state index in [1.165, 1.54) is 30.4 Å². The molecular formula is C18H25N5. The molecule has 1 saturated heterocycles. The summed E-state index contributed by atoms with van der Waals surface area (Å²) in [5, 5.41) is 11.8. The number of benzene rings is 1. The molecule has 5 nitrogen and oxygen atoms in total. The maximum absolute atomic E-state index is 4.70. The maximum Gasteiger partial charge on any atom is 0.247 e. The molecule has 1 aromatic heterocycles. The van der Waals surface area contributed by atoms with E-state index in [1.54, 1.807) is 6.20 Å². The van der Waals surface area contributed by atoms with Crippen molar-refractivity contribution in [2.24, 2.45) is 0 Å². The summed E-state index contributed by atoms with van der Waals surface area (Å²) in [7, 11) is 0. The van der Waals surface area contributed by atoms with Crippen molar-refractivity contribution in [2.75, 3.05) is 16.8 Å². The van der Waals surface area contributed by atoms with E-state index in [2.05, 4.69) is 59.4 Å². The highest BCUT2D eigenvalue weighted by Gasteiger charge is 2.23. The molecule has 2 heterocycles. The van der Waals surface area contributed by atoms with Gasteiger partial charge in [0.15, 0.2) is 5.82 Å². The molecule has 23 heavy (non-hydrogen) atoms. The first-order valence-electron chi connectivity index (χ1n) is 8.48. The zero-order chi connectivity index (χ0) is 16.2. The van der Waals surface area contributed by atoms with Gasteiger partial charge in [-0.05, 0) is 56.7 Å². The Kier molecular flexibility index (Phi) is 4.74. The van der Waals surface area contributed by atoms with Gasteiger partial charge < -0.3 is 10.2 Å². The number of aryl methyl sites for hydroxylation is 1. The molecule has 3 rings (SSSR count). The molecule has 1 aliphatic rings. The van der Waals surface area contributed by atoms with Crippen molar-refractivity contribution in [2.45, 2.75) is 52.5 Å². The molecule has 1 atom stereocenters. The number of hydrogen-bond donors (Lipinski definition) is 1. The Hall–Kier alpha value is -2.17. The highest BCUT2D eigenvalue weighted by Crippen LogP contribution is 2.25. The molecular weight excluding hydrogens is 286 g/mol. The van der Waals surface area contributed by atoms with Crippen LogP contribution in [0.2, 0.25) is 0 Å². The third kappa shape index (κ3) is 3.44. The van der Waals surface area contributed by atoms with Crippen molar-refractivity contribution in [3.63, 3.8) is 0 Å². The van der Waals surface area contributed by atoms with Crippen LogP contribution >= 0.6 is 0 Å². The van der Waals surface area contributed by atoms with Crippen LogP contribution in [0.4, 0.5) is 17.5 Å². The van der Waals surface area contributed by atoms with Crippen molar-refractivity contribution >= 4 is 17.5 Å². The zero-order valence-electron chi connectivity index (χ0n) is 14.2. The van der Waals surface area contributed by atoms with E-state index in [0.29, 0.717) is 6.04 Å². The quantitative estimate of drug-likeness (QED) is 0.925. The van der Waals surface area contributed by atoms with Crippen LogP contribution in [0.1, 0.15) is 43.7 Å². The summed E-state index contributed by atoms with van der Waals surface area (Å²) >= 11 is 0. The Morgan fingerprint density at radius 2 is 2.13 bits per heavy atom. The minimum absolute atomic E-state index is 0.529. The van der Waals surface area contributed by atoms with E-state index < -0.39 is 0 Å². The predicted octanol–water partition coefficient (Wildman–Crippen LogP) is 4.00. The molecule has 2 aromatic rings. The fourth-order valence-corrected chi connectivity index (χ4v) is 3.19. The van der Waals surface area contributed by atoms with Gasteiger partial charge in [-0.2, -0.15) is 10.1 Å². The van der Waals surface area contributed by atoms with Crippen LogP contribution in [0.25, 0.3) is 0 Å². The van der Waals surface area contributed by atoms with Gasteiger partial charge in [-0.25, -0.2) is 0 Å². The molecule has 0 radical (unpaired) electrons. The molecule has 1 unspecified atom stereocenters. The Morgan fingerprint density at radius 3 is 2.96 bits per heavy atom. The molecule has 5 heteroatoms. The second-order valence-electron chi connectivity index (χ2n) is 6.27. The van der Waals surface area contributed by atoms with Crippen molar-refractivity contribution in [1.82, 2.24) is 15.2 Å². The fourth-order valence-electron chi connectivity index (χ4n) is 3.19. The number of anilines is 3. The van der Waals surface area contributed by atoms with E-state index in [4.69, 9.17) is 4.98 Å². The molecule has 0 aliphatic carbocycles. The molecule has 0 amide bonds. The maximum atomic E-state index is 4.70. The average Bonchev–Trinajstić information content (AvgIpc) is 2.59. The largest absolute Gasteiger partial charge is 0.339 e. The van der Waals surface area contributed by atoms with E-state index in [1.807, 2.05) is 0 Å². The van der Waals surface area contributed by atoms with Crippen molar-refractivity contribution in [3.8, 4) is 0 Å². The Morgan fingerprint density at radius 1 is 1.26 bits per heavy atom. The molecule has 1 N–H and O–H groups in total. The Labute approximate surface area is 138 Å². The third-order valence-corrected chi connectivity index (χ3v) is 4.77. The number of nitrogens with one attached hydrogen (secondary N) is 1. The Bertz CT molecular complexity index is 670. The molecule has 122 valence electrons. The van der Waals surface area contributed by atoms with Gasteiger partial charge >= 0.3 is 0 Å². The lowest BCUT2D eigenvalue weighted by molar-refractivity contribution is 0.442. The second kappa shape index (κ2) is 6.94. The minimum Gasteiger partial charge on any atom is -0.339 e. The number of hydrogen-bond acceptors (Lipinski definition) is 5. The number of nitrogens with zero attached hydrogens (tertiary/aromatic N) is 4. The van der Waals surface area contributed by atoms with Crippen LogP contribution in [0.15, 0.2) is 24.4 Å². The first-order valence-corrected chi connectivity index (χ1v) is 8.48. The van der Waals surface area contributed by atoms with Gasteiger partial charge in [-0.1, -0.05) is 19.1 Å². The average molecular weight is 311 g/mol. The topological polar surface area (TPSA) is 53.9 Å². The summed E-state index contributed by atoms with van der Waals surface area (Å²) in [5.41, 5.74) is 3.57. The number of rotatable bonds is 4. The zero-order valence-corrected chi connectivity index (χ0v) is 14.2. The molecule has 0 saturated carbocycles. The standard InChI is InChI=1S/C18H25N5/c1-4-15-9-5-6-11-23(15)18-21-17(12-19-22-18)20-16-10-7-8-13(2)14(16)3/h7-8,10,12,15H,4-6,9,11H2,1-3H3,(H,20,21,22). The summed E-state index contributed by atoms with van der Waals surface area (Å²) in [4.78, 5) is 7.01. The smallest absolute Gasteiger partial charge is 0.247 e. The van der Waals surface area contributed by atoms with Crippen LogP contribution in [0, 0.1) is 13.8 Å². The SMILES string of the molecule is CCC1CCCCN1c1nncc(Nc2cccc(C)c2C)n1. The van der Waals surface area contributed by atoms with Crippen LogP contribution in [0.3, 0.4) is 0 Å². The number of piperidine rings is 1. The van der Waals surface area contributed by atoms with E-state index >= 15 is 0 Å². The lowest BCUT2D eigenvalue weighted by atomic mass is 10.0. The lowest BCUT2D eigenvalue weighted by Gasteiger charge is -2.34. The summed E-state index contributed by atoms with van der Waals surface area (Å²) in [6, 6.07) is 6.77. The van der Waals surface area contributed by atoms with E-state index in [0.717, 1.165) is 30.4 Å². The van der Waals surface area contributed by atoms with Crippen molar-refractivity contribution in [3.05, 3.63) is 35.5 Å². The van der Waals surface area contributed by atoms with Crippen molar-refractivity contribution in [1.29, 1.82) is 0 Å². The molecule has 0 bridgehead atoms.